The third kappa shape index (κ3) is 6.09. The summed E-state index contributed by atoms with van der Waals surface area (Å²) in [6.45, 7) is 7.99. The number of amides is 2. The SMILES string of the molecule is CC(CC(=O)N(CC(=O)Nc1ccc(F)cc1)C(C)C)C1CCNCC1. The molecule has 0 radical (unpaired) electrons. The van der Waals surface area contributed by atoms with E-state index < -0.39 is 0 Å². The largest absolute Gasteiger partial charge is 0.331 e. The summed E-state index contributed by atoms with van der Waals surface area (Å²) in [5, 5.41) is 6.06. The van der Waals surface area contributed by atoms with Crippen LogP contribution in [0.15, 0.2) is 24.3 Å². The van der Waals surface area contributed by atoms with E-state index in [0.717, 1.165) is 25.9 Å². The third-order valence-electron chi connectivity index (χ3n) is 5.07. The molecule has 2 N–H and O–H groups in total. The van der Waals surface area contributed by atoms with Gasteiger partial charge in [0.1, 0.15) is 12.4 Å². The summed E-state index contributed by atoms with van der Waals surface area (Å²) in [5.41, 5.74) is 0.524. The van der Waals surface area contributed by atoms with Crippen molar-refractivity contribution in [3.05, 3.63) is 30.1 Å². The molecule has 2 rings (SSSR count). The minimum absolute atomic E-state index is 0.00676. The highest BCUT2D eigenvalue weighted by atomic mass is 19.1. The summed E-state index contributed by atoms with van der Waals surface area (Å²) in [5.74, 6) is 0.260. The van der Waals surface area contributed by atoms with Gasteiger partial charge in [0, 0.05) is 18.2 Å². The van der Waals surface area contributed by atoms with Crippen molar-refractivity contribution in [3.63, 3.8) is 0 Å². The highest BCUT2D eigenvalue weighted by molar-refractivity contribution is 5.94. The van der Waals surface area contributed by atoms with Crippen molar-refractivity contribution in [2.24, 2.45) is 11.8 Å². The van der Waals surface area contributed by atoms with Crippen LogP contribution in [-0.2, 0) is 9.59 Å². The maximum absolute atomic E-state index is 13.0. The number of benzene rings is 1. The van der Waals surface area contributed by atoms with E-state index in [4.69, 9.17) is 0 Å². The van der Waals surface area contributed by atoms with E-state index >= 15 is 0 Å². The van der Waals surface area contributed by atoms with Crippen molar-refractivity contribution in [2.75, 3.05) is 25.0 Å². The molecule has 144 valence electrons. The molecule has 0 aromatic heterocycles. The fraction of sp³-hybridized carbons (Fsp3) is 0.600. The Bertz CT molecular complexity index is 598. The fourth-order valence-corrected chi connectivity index (χ4v) is 3.42. The van der Waals surface area contributed by atoms with Gasteiger partial charge < -0.3 is 15.5 Å². The highest BCUT2D eigenvalue weighted by Gasteiger charge is 2.26. The van der Waals surface area contributed by atoms with Crippen LogP contribution in [0.25, 0.3) is 0 Å². The first-order valence-electron chi connectivity index (χ1n) is 9.42. The van der Waals surface area contributed by atoms with Crippen LogP contribution >= 0.6 is 0 Å². The molecule has 6 heteroatoms. The molecule has 1 aromatic carbocycles. The number of rotatable bonds is 7. The molecule has 1 saturated heterocycles. The standard InChI is InChI=1S/C20H30FN3O2/c1-14(2)24(13-19(25)23-18-6-4-17(21)5-7-18)20(26)12-15(3)16-8-10-22-11-9-16/h4-7,14-16,22H,8-13H2,1-3H3,(H,23,25). The van der Waals surface area contributed by atoms with Crippen LogP contribution < -0.4 is 10.6 Å². The first-order valence-corrected chi connectivity index (χ1v) is 9.42. The molecule has 1 aromatic rings. The number of carbonyl (C=O) groups excluding carboxylic acids is 2. The monoisotopic (exact) mass is 363 g/mol. The number of hydrogen-bond acceptors (Lipinski definition) is 3. The first kappa shape index (κ1) is 20.4. The van der Waals surface area contributed by atoms with Gasteiger partial charge in [-0.05, 0) is 75.9 Å². The van der Waals surface area contributed by atoms with Gasteiger partial charge in [-0.2, -0.15) is 0 Å². The van der Waals surface area contributed by atoms with Gasteiger partial charge in [-0.15, -0.1) is 0 Å². The second-order valence-electron chi connectivity index (χ2n) is 7.44. The van der Waals surface area contributed by atoms with Crippen molar-refractivity contribution >= 4 is 17.5 Å². The lowest BCUT2D eigenvalue weighted by molar-refractivity contribution is -0.137. The molecule has 1 aliphatic rings. The Labute approximate surface area is 155 Å². The minimum Gasteiger partial charge on any atom is -0.331 e. The molecule has 0 spiro atoms. The second-order valence-corrected chi connectivity index (χ2v) is 7.44. The third-order valence-corrected chi connectivity index (χ3v) is 5.07. The lowest BCUT2D eigenvalue weighted by Gasteiger charge is -2.31. The van der Waals surface area contributed by atoms with Crippen LogP contribution in [0.1, 0.15) is 40.0 Å². The van der Waals surface area contributed by atoms with Gasteiger partial charge in [-0.3, -0.25) is 9.59 Å². The normalized spacial score (nSPS) is 16.3. The van der Waals surface area contributed by atoms with Crippen molar-refractivity contribution < 1.29 is 14.0 Å². The molecule has 1 aliphatic heterocycles. The molecule has 1 fully saturated rings. The molecule has 1 atom stereocenters. The summed E-state index contributed by atoms with van der Waals surface area (Å²) in [6, 6.07) is 5.55. The van der Waals surface area contributed by atoms with Gasteiger partial charge in [0.05, 0.1) is 0 Å². The van der Waals surface area contributed by atoms with Crippen molar-refractivity contribution in [1.29, 1.82) is 0 Å². The van der Waals surface area contributed by atoms with Crippen LogP contribution in [0, 0.1) is 17.7 Å². The Kier molecular flexibility index (Phi) is 7.57. The predicted octanol–water partition coefficient (Wildman–Crippen LogP) is 3.03. The van der Waals surface area contributed by atoms with Gasteiger partial charge in [0.15, 0.2) is 0 Å². The number of nitrogens with zero attached hydrogens (tertiary/aromatic N) is 1. The number of nitrogens with one attached hydrogen (secondary N) is 2. The van der Waals surface area contributed by atoms with Gasteiger partial charge >= 0.3 is 0 Å². The zero-order chi connectivity index (χ0) is 19.1. The number of hydrogen-bond donors (Lipinski definition) is 2. The van der Waals surface area contributed by atoms with Crippen LogP contribution in [0.3, 0.4) is 0 Å². The summed E-state index contributed by atoms with van der Waals surface area (Å²) < 4.78 is 13.0. The summed E-state index contributed by atoms with van der Waals surface area (Å²) in [4.78, 5) is 26.7. The van der Waals surface area contributed by atoms with E-state index in [1.54, 1.807) is 4.90 Å². The van der Waals surface area contributed by atoms with Crippen LogP contribution in [0.4, 0.5) is 10.1 Å². The van der Waals surface area contributed by atoms with E-state index in [-0.39, 0.29) is 30.2 Å². The Morgan fingerprint density at radius 1 is 1.19 bits per heavy atom. The maximum Gasteiger partial charge on any atom is 0.244 e. The zero-order valence-corrected chi connectivity index (χ0v) is 15.9. The lowest BCUT2D eigenvalue weighted by Crippen LogP contribution is -2.43. The molecule has 0 aliphatic carbocycles. The number of anilines is 1. The van der Waals surface area contributed by atoms with E-state index in [1.165, 1.54) is 24.3 Å². The molecule has 0 bridgehead atoms. The minimum atomic E-state index is -0.353. The van der Waals surface area contributed by atoms with Gasteiger partial charge in [0.2, 0.25) is 11.8 Å². The number of piperidine rings is 1. The molecular formula is C20H30FN3O2. The summed E-state index contributed by atoms with van der Waals surface area (Å²) in [6.07, 6.45) is 2.66. The Morgan fingerprint density at radius 3 is 2.38 bits per heavy atom. The lowest BCUT2D eigenvalue weighted by atomic mass is 9.84. The smallest absolute Gasteiger partial charge is 0.244 e. The topological polar surface area (TPSA) is 61.4 Å². The summed E-state index contributed by atoms with van der Waals surface area (Å²) >= 11 is 0. The van der Waals surface area contributed by atoms with E-state index in [1.807, 2.05) is 13.8 Å². The first-order chi connectivity index (χ1) is 12.4. The van der Waals surface area contributed by atoms with E-state index in [9.17, 15) is 14.0 Å². The average molecular weight is 363 g/mol. The van der Waals surface area contributed by atoms with Gasteiger partial charge in [-0.25, -0.2) is 4.39 Å². The Hall–Kier alpha value is -1.95. The predicted molar refractivity (Wildman–Crippen MR) is 101 cm³/mol. The quantitative estimate of drug-likeness (QED) is 0.783. The Morgan fingerprint density at radius 2 is 1.81 bits per heavy atom. The van der Waals surface area contributed by atoms with Crippen molar-refractivity contribution in [1.82, 2.24) is 10.2 Å². The highest BCUT2D eigenvalue weighted by Crippen LogP contribution is 2.25. The molecule has 1 heterocycles. The summed E-state index contributed by atoms with van der Waals surface area (Å²) in [7, 11) is 0. The molecular weight excluding hydrogens is 333 g/mol. The number of halogens is 1. The van der Waals surface area contributed by atoms with E-state index in [2.05, 4.69) is 17.6 Å². The maximum atomic E-state index is 13.0. The number of carbonyl (C=O) groups is 2. The van der Waals surface area contributed by atoms with Crippen molar-refractivity contribution in [3.8, 4) is 0 Å². The van der Waals surface area contributed by atoms with E-state index in [0.29, 0.717) is 23.9 Å². The fourth-order valence-electron chi connectivity index (χ4n) is 3.42. The molecule has 0 saturated carbocycles. The Balaban J connectivity index is 1.90. The molecule has 26 heavy (non-hydrogen) atoms. The van der Waals surface area contributed by atoms with Crippen LogP contribution in [-0.4, -0.2) is 42.4 Å². The van der Waals surface area contributed by atoms with Gasteiger partial charge in [-0.1, -0.05) is 6.92 Å². The zero-order valence-electron chi connectivity index (χ0n) is 15.9. The molecule has 1 unspecified atom stereocenters. The van der Waals surface area contributed by atoms with Crippen molar-refractivity contribution in [2.45, 2.75) is 46.1 Å². The molecule has 5 nitrogen and oxygen atoms in total. The van der Waals surface area contributed by atoms with Gasteiger partial charge in [0.25, 0.3) is 0 Å². The van der Waals surface area contributed by atoms with Crippen LogP contribution in [0.5, 0.6) is 0 Å². The average Bonchev–Trinajstić information content (AvgIpc) is 2.62. The molecule has 2 amide bonds. The second kappa shape index (κ2) is 9.67. The van der Waals surface area contributed by atoms with Crippen LogP contribution in [0.2, 0.25) is 0 Å².